The van der Waals surface area contributed by atoms with Gasteiger partial charge >= 0.3 is 0 Å². The van der Waals surface area contributed by atoms with Crippen LogP contribution in [0.3, 0.4) is 0 Å². The van der Waals surface area contributed by atoms with Crippen molar-refractivity contribution in [3.8, 4) is 0 Å². The topological polar surface area (TPSA) is 81.7 Å². The van der Waals surface area contributed by atoms with E-state index in [1.54, 1.807) is 0 Å². The van der Waals surface area contributed by atoms with Gasteiger partial charge in [-0.25, -0.2) is 0 Å². The second-order valence-corrected chi connectivity index (χ2v) is 5.97. The number of amides is 2. The molecule has 0 bridgehead atoms. The zero-order valence-corrected chi connectivity index (χ0v) is 12.6. The Kier molecular flexibility index (Phi) is 6.45. The number of hydrogen-bond acceptors (Lipinski definition) is 4. The molecule has 0 aliphatic carbocycles. The lowest BCUT2D eigenvalue weighted by atomic mass is 9.94. The Balaban J connectivity index is 1.72. The highest BCUT2D eigenvalue weighted by atomic mass is 16.3. The smallest absolute Gasteiger partial charge is 0.239 e. The van der Waals surface area contributed by atoms with Gasteiger partial charge < -0.3 is 20.6 Å². The van der Waals surface area contributed by atoms with Crippen molar-refractivity contribution in [2.45, 2.75) is 44.6 Å². The fourth-order valence-corrected chi connectivity index (χ4v) is 3.08. The highest BCUT2D eigenvalue weighted by Gasteiger charge is 2.31. The van der Waals surface area contributed by atoms with Crippen LogP contribution >= 0.6 is 0 Å². The van der Waals surface area contributed by atoms with Crippen LogP contribution in [-0.4, -0.2) is 60.6 Å². The van der Waals surface area contributed by atoms with E-state index in [0.29, 0.717) is 26.1 Å². The molecule has 0 radical (unpaired) electrons. The van der Waals surface area contributed by atoms with E-state index in [2.05, 4.69) is 10.6 Å². The molecule has 2 fully saturated rings. The molecule has 2 aliphatic rings. The number of carbonyl (C=O) groups excluding carboxylic acids is 2. The summed E-state index contributed by atoms with van der Waals surface area (Å²) in [5, 5.41) is 14.8. The van der Waals surface area contributed by atoms with Gasteiger partial charge in [-0.05, 0) is 38.6 Å². The van der Waals surface area contributed by atoms with Crippen molar-refractivity contribution in [3.05, 3.63) is 0 Å². The van der Waals surface area contributed by atoms with Crippen LogP contribution in [0.25, 0.3) is 0 Å². The second kappa shape index (κ2) is 8.34. The predicted molar refractivity (Wildman–Crippen MR) is 79.7 cm³/mol. The zero-order valence-electron chi connectivity index (χ0n) is 12.6. The SMILES string of the molecule is O=C(NCCCO)C1CCN(C(=O)C2CCCCN2)CC1. The lowest BCUT2D eigenvalue weighted by molar-refractivity contribution is -0.137. The van der Waals surface area contributed by atoms with Crippen LogP contribution in [0.5, 0.6) is 0 Å². The third kappa shape index (κ3) is 4.68. The van der Waals surface area contributed by atoms with Crippen molar-refractivity contribution in [3.63, 3.8) is 0 Å². The van der Waals surface area contributed by atoms with Crippen molar-refractivity contribution < 1.29 is 14.7 Å². The highest BCUT2D eigenvalue weighted by molar-refractivity contribution is 5.83. The number of hydrogen-bond donors (Lipinski definition) is 3. The minimum absolute atomic E-state index is 0.00654. The molecule has 2 amide bonds. The van der Waals surface area contributed by atoms with Crippen LogP contribution < -0.4 is 10.6 Å². The minimum atomic E-state index is -0.0197. The molecule has 21 heavy (non-hydrogen) atoms. The van der Waals surface area contributed by atoms with E-state index in [1.165, 1.54) is 0 Å². The van der Waals surface area contributed by atoms with Gasteiger partial charge in [0.2, 0.25) is 11.8 Å². The maximum Gasteiger partial charge on any atom is 0.239 e. The Bertz CT molecular complexity index is 348. The normalized spacial score (nSPS) is 23.9. The van der Waals surface area contributed by atoms with Gasteiger partial charge in [0.1, 0.15) is 0 Å². The van der Waals surface area contributed by atoms with Gasteiger partial charge in [0.25, 0.3) is 0 Å². The zero-order chi connectivity index (χ0) is 15.1. The number of carbonyl (C=O) groups is 2. The Morgan fingerprint density at radius 1 is 1.19 bits per heavy atom. The predicted octanol–water partition coefficient (Wildman–Crippen LogP) is -0.134. The number of likely N-dealkylation sites (tertiary alicyclic amines) is 1. The van der Waals surface area contributed by atoms with E-state index in [-0.39, 0.29) is 30.4 Å². The van der Waals surface area contributed by atoms with Gasteiger partial charge in [0.05, 0.1) is 6.04 Å². The largest absolute Gasteiger partial charge is 0.396 e. The first-order valence-electron chi connectivity index (χ1n) is 8.13. The summed E-state index contributed by atoms with van der Waals surface area (Å²) < 4.78 is 0. The number of nitrogens with zero attached hydrogens (tertiary/aromatic N) is 1. The number of aliphatic hydroxyl groups is 1. The van der Waals surface area contributed by atoms with Crippen LogP contribution in [0, 0.1) is 5.92 Å². The van der Waals surface area contributed by atoms with Crippen LogP contribution in [0.2, 0.25) is 0 Å². The van der Waals surface area contributed by atoms with Crippen LogP contribution in [0.15, 0.2) is 0 Å². The Labute approximate surface area is 126 Å². The van der Waals surface area contributed by atoms with Crippen molar-refractivity contribution in [2.75, 3.05) is 32.8 Å². The summed E-state index contributed by atoms with van der Waals surface area (Å²) in [5.41, 5.74) is 0. The first kappa shape index (κ1) is 16.2. The Hall–Kier alpha value is -1.14. The number of piperidine rings is 2. The molecule has 6 nitrogen and oxygen atoms in total. The molecule has 3 N–H and O–H groups in total. The van der Waals surface area contributed by atoms with Crippen LogP contribution in [-0.2, 0) is 9.59 Å². The van der Waals surface area contributed by atoms with Gasteiger partial charge in [-0.3, -0.25) is 9.59 Å². The van der Waals surface area contributed by atoms with Crippen molar-refractivity contribution in [1.29, 1.82) is 0 Å². The van der Waals surface area contributed by atoms with Gasteiger partial charge in [-0.2, -0.15) is 0 Å². The molecule has 0 aromatic carbocycles. The molecule has 0 aromatic heterocycles. The first-order valence-corrected chi connectivity index (χ1v) is 8.13. The van der Waals surface area contributed by atoms with E-state index in [4.69, 9.17) is 5.11 Å². The molecule has 1 atom stereocenters. The van der Waals surface area contributed by atoms with Gasteiger partial charge in [-0.1, -0.05) is 6.42 Å². The fraction of sp³-hybridized carbons (Fsp3) is 0.867. The Morgan fingerprint density at radius 2 is 1.95 bits per heavy atom. The van der Waals surface area contributed by atoms with E-state index in [9.17, 15) is 9.59 Å². The molecule has 2 aliphatic heterocycles. The number of nitrogens with one attached hydrogen (secondary N) is 2. The minimum Gasteiger partial charge on any atom is -0.396 e. The van der Waals surface area contributed by atoms with E-state index < -0.39 is 0 Å². The van der Waals surface area contributed by atoms with Crippen molar-refractivity contribution >= 4 is 11.8 Å². The van der Waals surface area contributed by atoms with Gasteiger partial charge in [0.15, 0.2) is 0 Å². The molecule has 2 saturated heterocycles. The van der Waals surface area contributed by atoms with Crippen LogP contribution in [0.4, 0.5) is 0 Å². The lowest BCUT2D eigenvalue weighted by Crippen LogP contribution is -2.51. The third-order valence-electron chi connectivity index (χ3n) is 4.42. The van der Waals surface area contributed by atoms with Crippen molar-refractivity contribution in [1.82, 2.24) is 15.5 Å². The molecular weight excluding hydrogens is 270 g/mol. The average molecular weight is 297 g/mol. The maximum atomic E-state index is 12.4. The number of rotatable bonds is 5. The van der Waals surface area contributed by atoms with Gasteiger partial charge in [0, 0.05) is 32.2 Å². The van der Waals surface area contributed by atoms with E-state index in [1.807, 2.05) is 4.90 Å². The molecule has 1 unspecified atom stereocenters. The third-order valence-corrected chi connectivity index (χ3v) is 4.42. The summed E-state index contributed by atoms with van der Waals surface area (Å²) in [7, 11) is 0. The maximum absolute atomic E-state index is 12.4. The summed E-state index contributed by atoms with van der Waals surface area (Å²) in [6, 6.07) is -0.0197. The number of aliphatic hydroxyl groups excluding tert-OH is 1. The van der Waals surface area contributed by atoms with E-state index in [0.717, 1.165) is 38.6 Å². The van der Waals surface area contributed by atoms with Gasteiger partial charge in [-0.15, -0.1) is 0 Å². The summed E-state index contributed by atoms with van der Waals surface area (Å²) >= 11 is 0. The van der Waals surface area contributed by atoms with Crippen LogP contribution in [0.1, 0.15) is 38.5 Å². The van der Waals surface area contributed by atoms with Crippen molar-refractivity contribution in [2.24, 2.45) is 5.92 Å². The molecule has 120 valence electrons. The summed E-state index contributed by atoms with van der Waals surface area (Å²) in [6.07, 6.45) is 5.27. The first-order chi connectivity index (χ1) is 10.2. The molecule has 6 heteroatoms. The fourth-order valence-electron chi connectivity index (χ4n) is 3.08. The average Bonchev–Trinajstić information content (AvgIpc) is 2.55. The molecule has 0 saturated carbocycles. The highest BCUT2D eigenvalue weighted by Crippen LogP contribution is 2.19. The molecule has 0 aromatic rings. The molecular formula is C15H27N3O3. The second-order valence-electron chi connectivity index (χ2n) is 5.97. The summed E-state index contributed by atoms with van der Waals surface area (Å²) in [6.45, 7) is 2.91. The Morgan fingerprint density at radius 3 is 2.57 bits per heavy atom. The quantitative estimate of drug-likeness (QED) is 0.617. The standard InChI is InChI=1S/C15H27N3O3/c19-11-3-8-17-14(20)12-5-9-18(10-6-12)15(21)13-4-1-2-7-16-13/h12-13,16,19H,1-11H2,(H,17,20). The lowest BCUT2D eigenvalue weighted by Gasteiger charge is -2.35. The monoisotopic (exact) mass is 297 g/mol. The summed E-state index contributed by atoms with van der Waals surface area (Å²) in [5.74, 6) is 0.271. The molecule has 2 heterocycles. The summed E-state index contributed by atoms with van der Waals surface area (Å²) in [4.78, 5) is 26.2. The molecule has 0 spiro atoms. The van der Waals surface area contributed by atoms with E-state index >= 15 is 0 Å². The molecule has 2 rings (SSSR count).